The summed E-state index contributed by atoms with van der Waals surface area (Å²) in [6.45, 7) is 0.598. The zero-order valence-electron chi connectivity index (χ0n) is 14.3. The van der Waals surface area contributed by atoms with Crippen LogP contribution in [-0.2, 0) is 19.3 Å². The van der Waals surface area contributed by atoms with E-state index < -0.39 is 16.7 Å². The minimum absolute atomic E-state index is 0. The number of hydrogen-bond acceptors (Lipinski definition) is 3. The number of aliphatic imine (C=N–C) groups is 1. The fraction of sp³-hybridized carbons (Fsp3) is 0.235. The smallest absolute Gasteiger partial charge is 0.352 e. The molecule has 2 aromatic rings. The van der Waals surface area contributed by atoms with Crippen molar-refractivity contribution in [3.8, 4) is 0 Å². The van der Waals surface area contributed by atoms with Crippen molar-refractivity contribution in [2.24, 2.45) is 4.99 Å². The minimum atomic E-state index is -4.36. The van der Waals surface area contributed by atoms with Crippen LogP contribution < -0.4 is 10.6 Å². The van der Waals surface area contributed by atoms with Crippen molar-refractivity contribution in [2.45, 2.75) is 19.3 Å². The molecule has 0 radical (unpaired) electrons. The van der Waals surface area contributed by atoms with Gasteiger partial charge in [0.1, 0.15) is 0 Å². The van der Waals surface area contributed by atoms with E-state index in [0.29, 0.717) is 23.6 Å². The molecule has 0 atom stereocenters. The molecule has 0 fully saturated rings. The summed E-state index contributed by atoms with van der Waals surface area (Å²) in [4.78, 5) is 14.3. The van der Waals surface area contributed by atoms with Gasteiger partial charge in [0.25, 0.3) is 5.69 Å². The number of nitrogens with zero attached hydrogens (tertiary/aromatic N) is 2. The third kappa shape index (κ3) is 7.04. The Morgan fingerprint density at radius 2 is 1.67 bits per heavy atom. The first-order valence-electron chi connectivity index (χ1n) is 7.63. The van der Waals surface area contributed by atoms with Gasteiger partial charge < -0.3 is 10.6 Å². The van der Waals surface area contributed by atoms with Gasteiger partial charge in [-0.25, -0.2) is 0 Å². The summed E-state index contributed by atoms with van der Waals surface area (Å²) in [6.07, 6.45) is -4.36. The summed E-state index contributed by atoms with van der Waals surface area (Å²) in [7, 11) is 1.55. The molecule has 0 aliphatic rings. The van der Waals surface area contributed by atoms with Gasteiger partial charge in [-0.05, 0) is 23.3 Å². The second-order valence-corrected chi connectivity index (χ2v) is 5.40. The fourth-order valence-corrected chi connectivity index (χ4v) is 2.18. The highest BCUT2D eigenvalue weighted by atomic mass is 127. The summed E-state index contributed by atoms with van der Waals surface area (Å²) < 4.78 is 37.6. The molecule has 0 aromatic heterocycles. The SMILES string of the molecule is CN=C(NCc1ccc(C(F)(F)F)cc1)NCc1cccc([N+](=O)[O-])c1.I. The van der Waals surface area contributed by atoms with Gasteiger partial charge in [0.15, 0.2) is 5.96 Å². The zero-order valence-corrected chi connectivity index (χ0v) is 16.6. The number of non-ortho nitro benzene ring substituents is 1. The maximum atomic E-state index is 12.5. The molecule has 2 rings (SSSR count). The Hall–Kier alpha value is -2.37. The van der Waals surface area contributed by atoms with Crippen LogP contribution in [-0.4, -0.2) is 17.9 Å². The van der Waals surface area contributed by atoms with E-state index in [1.165, 1.54) is 24.3 Å². The molecule has 6 nitrogen and oxygen atoms in total. The van der Waals surface area contributed by atoms with Crippen molar-refractivity contribution < 1.29 is 18.1 Å². The van der Waals surface area contributed by atoms with Gasteiger partial charge in [0.2, 0.25) is 0 Å². The normalized spacial score (nSPS) is 11.5. The predicted octanol–water partition coefficient (Wildman–Crippen LogP) is 4.10. The molecule has 0 heterocycles. The molecule has 2 N–H and O–H groups in total. The lowest BCUT2D eigenvalue weighted by atomic mass is 10.1. The highest BCUT2D eigenvalue weighted by Gasteiger charge is 2.29. The van der Waals surface area contributed by atoms with E-state index >= 15 is 0 Å². The second-order valence-electron chi connectivity index (χ2n) is 5.40. The highest BCUT2D eigenvalue weighted by molar-refractivity contribution is 14.0. The van der Waals surface area contributed by atoms with Gasteiger partial charge >= 0.3 is 6.18 Å². The van der Waals surface area contributed by atoms with Crippen molar-refractivity contribution in [1.82, 2.24) is 10.6 Å². The van der Waals surface area contributed by atoms with Gasteiger partial charge in [-0.3, -0.25) is 15.1 Å². The van der Waals surface area contributed by atoms with Crippen LogP contribution in [0.15, 0.2) is 53.5 Å². The summed E-state index contributed by atoms with van der Waals surface area (Å²) in [5, 5.41) is 16.7. The van der Waals surface area contributed by atoms with Crippen molar-refractivity contribution in [3.63, 3.8) is 0 Å². The Balaban J connectivity index is 0.00000364. The number of nitro benzene ring substituents is 1. The minimum Gasteiger partial charge on any atom is -0.352 e. The van der Waals surface area contributed by atoms with Crippen molar-refractivity contribution in [1.29, 1.82) is 0 Å². The van der Waals surface area contributed by atoms with E-state index in [2.05, 4.69) is 15.6 Å². The lowest BCUT2D eigenvalue weighted by Crippen LogP contribution is -2.36. The lowest BCUT2D eigenvalue weighted by molar-refractivity contribution is -0.384. The monoisotopic (exact) mass is 494 g/mol. The molecular formula is C17H18F3IN4O2. The summed E-state index contributed by atoms with van der Waals surface area (Å²) in [6, 6.07) is 11.0. The van der Waals surface area contributed by atoms with Crippen LogP contribution in [0.2, 0.25) is 0 Å². The van der Waals surface area contributed by atoms with Gasteiger partial charge in [-0.1, -0.05) is 24.3 Å². The molecule has 0 aliphatic heterocycles. The molecule has 2 aromatic carbocycles. The topological polar surface area (TPSA) is 79.6 Å². The van der Waals surface area contributed by atoms with E-state index in [1.54, 1.807) is 19.2 Å². The molecule has 0 saturated carbocycles. The van der Waals surface area contributed by atoms with E-state index in [9.17, 15) is 23.3 Å². The van der Waals surface area contributed by atoms with Crippen LogP contribution >= 0.6 is 24.0 Å². The average molecular weight is 494 g/mol. The number of guanidine groups is 1. The quantitative estimate of drug-likeness (QED) is 0.216. The average Bonchev–Trinajstić information content (AvgIpc) is 2.61. The molecule has 0 bridgehead atoms. The molecule has 0 saturated heterocycles. The Bertz CT molecular complexity index is 796. The fourth-order valence-electron chi connectivity index (χ4n) is 2.18. The van der Waals surface area contributed by atoms with Gasteiger partial charge in [0, 0.05) is 32.3 Å². The molecule has 146 valence electrons. The number of hydrogen-bond donors (Lipinski definition) is 2. The van der Waals surface area contributed by atoms with Gasteiger partial charge in [-0.2, -0.15) is 13.2 Å². The van der Waals surface area contributed by atoms with Crippen LogP contribution in [0.3, 0.4) is 0 Å². The van der Waals surface area contributed by atoms with E-state index in [0.717, 1.165) is 12.1 Å². The molecule has 0 spiro atoms. The Kier molecular flexibility index (Phi) is 8.47. The summed E-state index contributed by atoms with van der Waals surface area (Å²) in [5.41, 5.74) is 0.666. The van der Waals surface area contributed by atoms with Crippen molar-refractivity contribution in [2.75, 3.05) is 7.05 Å². The van der Waals surface area contributed by atoms with E-state index in [1.807, 2.05) is 0 Å². The van der Waals surface area contributed by atoms with Crippen LogP contribution in [0.5, 0.6) is 0 Å². The van der Waals surface area contributed by atoms with E-state index in [-0.39, 0.29) is 36.2 Å². The predicted molar refractivity (Wildman–Crippen MR) is 107 cm³/mol. The van der Waals surface area contributed by atoms with Crippen LogP contribution in [0.4, 0.5) is 18.9 Å². The first-order valence-corrected chi connectivity index (χ1v) is 7.63. The Morgan fingerprint density at radius 1 is 1.07 bits per heavy atom. The van der Waals surface area contributed by atoms with E-state index in [4.69, 9.17) is 0 Å². The number of benzene rings is 2. The number of rotatable bonds is 5. The third-order valence-corrected chi connectivity index (χ3v) is 3.55. The molecule has 10 heteroatoms. The molecular weight excluding hydrogens is 476 g/mol. The first-order chi connectivity index (χ1) is 12.3. The zero-order chi connectivity index (χ0) is 19.2. The van der Waals surface area contributed by atoms with Crippen molar-refractivity contribution in [3.05, 3.63) is 75.3 Å². The number of halogens is 4. The Labute approximate surface area is 171 Å². The molecule has 27 heavy (non-hydrogen) atoms. The number of nitrogens with one attached hydrogen (secondary N) is 2. The number of nitro groups is 1. The van der Waals surface area contributed by atoms with Gasteiger partial charge in [-0.15, -0.1) is 24.0 Å². The molecule has 0 unspecified atom stereocenters. The van der Waals surface area contributed by atoms with Crippen LogP contribution in [0, 0.1) is 10.1 Å². The highest BCUT2D eigenvalue weighted by Crippen LogP contribution is 2.29. The first kappa shape index (κ1) is 22.7. The van der Waals surface area contributed by atoms with Crippen molar-refractivity contribution >= 4 is 35.6 Å². The summed E-state index contributed by atoms with van der Waals surface area (Å²) >= 11 is 0. The molecule has 0 aliphatic carbocycles. The summed E-state index contributed by atoms with van der Waals surface area (Å²) in [5.74, 6) is 0.427. The second kappa shape index (κ2) is 10.1. The van der Waals surface area contributed by atoms with Crippen LogP contribution in [0.25, 0.3) is 0 Å². The third-order valence-electron chi connectivity index (χ3n) is 3.55. The maximum absolute atomic E-state index is 12.5. The lowest BCUT2D eigenvalue weighted by Gasteiger charge is -2.13. The largest absolute Gasteiger partial charge is 0.416 e. The number of alkyl halides is 3. The van der Waals surface area contributed by atoms with Crippen LogP contribution in [0.1, 0.15) is 16.7 Å². The standard InChI is InChI=1S/C17H17F3N4O2.HI/c1-21-16(23-11-13-3-2-4-15(9-13)24(25)26)22-10-12-5-7-14(8-6-12)17(18,19)20;/h2-9H,10-11H2,1H3,(H2,21,22,23);1H. The maximum Gasteiger partial charge on any atom is 0.416 e. The Morgan fingerprint density at radius 3 is 2.19 bits per heavy atom. The molecule has 0 amide bonds. The van der Waals surface area contributed by atoms with Gasteiger partial charge in [0.05, 0.1) is 10.5 Å².